The van der Waals surface area contributed by atoms with E-state index in [0.717, 1.165) is 89.1 Å². The van der Waals surface area contributed by atoms with Gasteiger partial charge in [-0.1, -0.05) is 77.0 Å². The second kappa shape index (κ2) is 10.3. The van der Waals surface area contributed by atoms with Crippen LogP contribution in [0.5, 0.6) is 0 Å². The van der Waals surface area contributed by atoms with Crippen molar-refractivity contribution in [3.05, 3.63) is 0 Å². The molecule has 0 N–H and O–H groups in total. The molecule has 39 heavy (non-hydrogen) atoms. The maximum atomic E-state index is 3.36. The fraction of sp³-hybridized carbons (Fsp3) is 1.00. The van der Waals surface area contributed by atoms with E-state index in [1.807, 2.05) is 0 Å². The Labute approximate surface area is 241 Å². The van der Waals surface area contributed by atoms with Crippen molar-refractivity contribution in [1.82, 2.24) is 4.90 Å². The standard InChI is InChI=1S/C38H61N/c1-2-9-25-19-29(18-24(25)8-1)32-14-7-12-28-20-30-21-31(16-17-33(30)38(28)32)39-36-15-6-5-13-34(36)35-22-26-10-3-4-11-27(26)23-37(35)39/h24-38H,1-23H2. The largest absolute Gasteiger partial charge is 0.294 e. The van der Waals surface area contributed by atoms with Crippen molar-refractivity contribution >= 4 is 0 Å². The highest BCUT2D eigenvalue weighted by atomic mass is 15.3. The van der Waals surface area contributed by atoms with Crippen molar-refractivity contribution in [2.45, 2.75) is 166 Å². The fourth-order valence-electron chi connectivity index (χ4n) is 15.2. The minimum atomic E-state index is 0.972. The van der Waals surface area contributed by atoms with Gasteiger partial charge in [0.25, 0.3) is 0 Å². The van der Waals surface area contributed by atoms with Crippen molar-refractivity contribution in [1.29, 1.82) is 0 Å². The van der Waals surface area contributed by atoms with E-state index in [1.54, 1.807) is 141 Å². The van der Waals surface area contributed by atoms with Gasteiger partial charge in [0.05, 0.1) is 0 Å². The Morgan fingerprint density at radius 2 is 0.872 bits per heavy atom. The normalized spacial score (nSPS) is 57.1. The molecule has 0 radical (unpaired) electrons. The molecule has 14 unspecified atom stereocenters. The topological polar surface area (TPSA) is 3.24 Å². The summed E-state index contributed by atoms with van der Waals surface area (Å²) >= 11 is 0. The van der Waals surface area contributed by atoms with Gasteiger partial charge in [-0.2, -0.15) is 0 Å². The van der Waals surface area contributed by atoms with Gasteiger partial charge in [-0.3, -0.25) is 4.90 Å². The zero-order chi connectivity index (χ0) is 25.5. The number of hydrogen-bond donors (Lipinski definition) is 0. The Morgan fingerprint density at radius 1 is 0.308 bits per heavy atom. The van der Waals surface area contributed by atoms with Gasteiger partial charge in [0.15, 0.2) is 0 Å². The van der Waals surface area contributed by atoms with Crippen LogP contribution in [0.2, 0.25) is 0 Å². The maximum Gasteiger partial charge on any atom is 0.0136 e. The van der Waals surface area contributed by atoms with Crippen molar-refractivity contribution in [3.8, 4) is 0 Å². The average Bonchev–Trinajstić information content (AvgIpc) is 3.67. The van der Waals surface area contributed by atoms with Crippen LogP contribution in [0.25, 0.3) is 0 Å². The summed E-state index contributed by atoms with van der Waals surface area (Å²) in [5, 5.41) is 0. The quantitative estimate of drug-likeness (QED) is 0.343. The van der Waals surface area contributed by atoms with Crippen LogP contribution in [0.15, 0.2) is 0 Å². The molecule has 0 aromatic heterocycles. The van der Waals surface area contributed by atoms with Crippen molar-refractivity contribution in [2.75, 3.05) is 0 Å². The highest BCUT2D eigenvalue weighted by molar-refractivity contribution is 5.10. The van der Waals surface area contributed by atoms with Crippen LogP contribution in [-0.2, 0) is 0 Å². The summed E-state index contributed by atoms with van der Waals surface area (Å²) < 4.78 is 0. The lowest BCUT2D eigenvalue weighted by Crippen LogP contribution is -2.51. The first-order valence-corrected chi connectivity index (χ1v) is 19.1. The van der Waals surface area contributed by atoms with Crippen molar-refractivity contribution in [2.24, 2.45) is 71.0 Å². The molecule has 9 rings (SSSR count). The monoisotopic (exact) mass is 531 g/mol. The van der Waals surface area contributed by atoms with Gasteiger partial charge in [-0.05, 0) is 142 Å². The molecule has 1 heterocycles. The molecule has 0 aromatic carbocycles. The van der Waals surface area contributed by atoms with E-state index < -0.39 is 0 Å². The lowest BCUT2D eigenvalue weighted by molar-refractivity contribution is 0.00393. The van der Waals surface area contributed by atoms with Gasteiger partial charge < -0.3 is 0 Å². The predicted octanol–water partition coefficient (Wildman–Crippen LogP) is 9.88. The van der Waals surface area contributed by atoms with Gasteiger partial charge in [-0.15, -0.1) is 0 Å². The van der Waals surface area contributed by atoms with Gasteiger partial charge in [-0.25, -0.2) is 0 Å². The Morgan fingerprint density at radius 3 is 1.67 bits per heavy atom. The second-order valence-electron chi connectivity index (χ2n) is 17.6. The summed E-state index contributed by atoms with van der Waals surface area (Å²) in [7, 11) is 0. The summed E-state index contributed by atoms with van der Waals surface area (Å²) in [4.78, 5) is 3.36. The number of likely N-dealkylation sites (tertiary alicyclic amines) is 1. The zero-order valence-electron chi connectivity index (χ0n) is 25.4. The van der Waals surface area contributed by atoms with Crippen LogP contribution in [0, 0.1) is 71.0 Å². The van der Waals surface area contributed by atoms with Crippen LogP contribution in [0.4, 0.5) is 0 Å². The smallest absolute Gasteiger partial charge is 0.0136 e. The van der Waals surface area contributed by atoms with E-state index in [9.17, 15) is 0 Å². The summed E-state index contributed by atoms with van der Waals surface area (Å²) in [6, 6.07) is 2.96. The molecule has 218 valence electrons. The lowest BCUT2D eigenvalue weighted by Gasteiger charge is -2.49. The van der Waals surface area contributed by atoms with Crippen LogP contribution >= 0.6 is 0 Å². The second-order valence-corrected chi connectivity index (χ2v) is 17.6. The molecule has 0 aromatic rings. The Balaban J connectivity index is 0.931. The third-order valence-electron chi connectivity index (χ3n) is 16.3. The third-order valence-corrected chi connectivity index (χ3v) is 16.3. The minimum absolute atomic E-state index is 0.972. The van der Waals surface area contributed by atoms with E-state index in [1.165, 1.54) is 6.42 Å². The summed E-state index contributed by atoms with van der Waals surface area (Å²) in [6.45, 7) is 0. The summed E-state index contributed by atoms with van der Waals surface area (Å²) in [5.41, 5.74) is 0. The first-order valence-electron chi connectivity index (χ1n) is 19.1. The Hall–Kier alpha value is -0.0400. The molecule has 9 fully saturated rings. The van der Waals surface area contributed by atoms with E-state index in [-0.39, 0.29) is 0 Å². The maximum absolute atomic E-state index is 3.36. The highest BCUT2D eigenvalue weighted by Gasteiger charge is 2.58. The summed E-state index contributed by atoms with van der Waals surface area (Å²) in [6.07, 6.45) is 36.7. The van der Waals surface area contributed by atoms with Crippen molar-refractivity contribution < 1.29 is 0 Å². The Bertz CT molecular complexity index is 866. The molecular formula is C38H61N. The molecular weight excluding hydrogens is 470 g/mol. The van der Waals surface area contributed by atoms with Crippen LogP contribution < -0.4 is 0 Å². The van der Waals surface area contributed by atoms with Crippen LogP contribution in [-0.4, -0.2) is 23.0 Å². The highest BCUT2D eigenvalue weighted by Crippen LogP contribution is 2.62. The van der Waals surface area contributed by atoms with Crippen LogP contribution in [0.1, 0.15) is 148 Å². The molecule has 8 saturated carbocycles. The van der Waals surface area contributed by atoms with E-state index in [2.05, 4.69) is 4.90 Å². The number of fused-ring (bicyclic) bond motifs is 8. The predicted molar refractivity (Wildman–Crippen MR) is 161 cm³/mol. The van der Waals surface area contributed by atoms with E-state index in [4.69, 9.17) is 0 Å². The fourth-order valence-corrected chi connectivity index (χ4v) is 15.2. The molecule has 9 aliphatic rings. The molecule has 1 saturated heterocycles. The molecule has 0 bridgehead atoms. The SMILES string of the molecule is C1CCC2CC(C3CCCC4CC5CC(N6C7CCCCC7C7CC8CCCCC8CC76)CCC5C43)CC2C1. The Kier molecular flexibility index (Phi) is 6.72. The average molecular weight is 532 g/mol. The first kappa shape index (κ1) is 25.5. The first-order chi connectivity index (χ1) is 19.3. The van der Waals surface area contributed by atoms with Gasteiger partial charge >= 0.3 is 0 Å². The van der Waals surface area contributed by atoms with Gasteiger partial charge in [0.1, 0.15) is 0 Å². The molecule has 0 spiro atoms. The van der Waals surface area contributed by atoms with E-state index in [0.29, 0.717) is 0 Å². The van der Waals surface area contributed by atoms with E-state index >= 15 is 0 Å². The summed E-state index contributed by atoms with van der Waals surface area (Å²) in [5.74, 6) is 13.5. The zero-order valence-corrected chi connectivity index (χ0v) is 25.4. The molecule has 1 aliphatic heterocycles. The number of rotatable bonds is 2. The molecule has 0 amide bonds. The molecule has 14 atom stereocenters. The third kappa shape index (κ3) is 4.21. The minimum Gasteiger partial charge on any atom is -0.294 e. The molecule has 1 nitrogen and oxygen atoms in total. The molecule has 8 aliphatic carbocycles. The van der Waals surface area contributed by atoms with Gasteiger partial charge in [0.2, 0.25) is 0 Å². The number of hydrogen-bond acceptors (Lipinski definition) is 1. The molecule has 1 heteroatoms. The van der Waals surface area contributed by atoms with Crippen molar-refractivity contribution in [3.63, 3.8) is 0 Å². The lowest BCUT2D eigenvalue weighted by atomic mass is 9.62. The van der Waals surface area contributed by atoms with Gasteiger partial charge in [0, 0.05) is 18.1 Å². The number of nitrogens with zero attached hydrogens (tertiary/aromatic N) is 1. The van der Waals surface area contributed by atoms with Crippen LogP contribution in [0.3, 0.4) is 0 Å².